The number of nitrogens with two attached hydrogens (primary N) is 1. The fourth-order valence-electron chi connectivity index (χ4n) is 2.88. The lowest BCUT2D eigenvalue weighted by atomic mass is 9.82. The second-order valence-electron chi connectivity index (χ2n) is 6.67. The predicted molar refractivity (Wildman–Crippen MR) is 89.4 cm³/mol. The van der Waals surface area contributed by atoms with Gasteiger partial charge in [-0.15, -0.1) is 11.3 Å². The number of hydrogen-bond donors (Lipinski definition) is 1. The number of halogens is 1. The van der Waals surface area contributed by atoms with E-state index in [4.69, 9.17) is 17.3 Å². The third-order valence-electron chi connectivity index (χ3n) is 3.98. The van der Waals surface area contributed by atoms with E-state index in [0.29, 0.717) is 0 Å². The number of thiophene rings is 1. The highest BCUT2D eigenvalue weighted by molar-refractivity contribution is 7.16. The molecule has 0 saturated carbocycles. The van der Waals surface area contributed by atoms with Gasteiger partial charge >= 0.3 is 0 Å². The molecule has 0 saturated heterocycles. The van der Waals surface area contributed by atoms with Crippen LogP contribution in [0.2, 0.25) is 4.34 Å². The zero-order chi connectivity index (χ0) is 14.9. The van der Waals surface area contributed by atoms with Crippen molar-refractivity contribution in [2.24, 2.45) is 11.1 Å². The Hall–Kier alpha value is -0.350. The summed E-state index contributed by atoms with van der Waals surface area (Å²) in [4.78, 5) is 3.75. The largest absolute Gasteiger partial charge is 0.326 e. The van der Waals surface area contributed by atoms with Crippen LogP contribution in [0.5, 0.6) is 0 Å². The SMILES string of the molecule is CC(N)C(c1ccc(Cl)s1)N1CC=C(C(C)(C)C)CC1. The van der Waals surface area contributed by atoms with Crippen molar-refractivity contribution in [2.75, 3.05) is 13.1 Å². The Morgan fingerprint density at radius 1 is 1.35 bits per heavy atom. The minimum absolute atomic E-state index is 0.106. The van der Waals surface area contributed by atoms with E-state index >= 15 is 0 Å². The molecule has 1 aliphatic rings. The highest BCUT2D eigenvalue weighted by Crippen LogP contribution is 2.36. The summed E-state index contributed by atoms with van der Waals surface area (Å²) < 4.78 is 0.841. The van der Waals surface area contributed by atoms with E-state index < -0.39 is 0 Å². The third kappa shape index (κ3) is 3.64. The van der Waals surface area contributed by atoms with E-state index in [2.05, 4.69) is 44.7 Å². The first-order valence-corrected chi connectivity index (χ1v) is 8.43. The summed E-state index contributed by atoms with van der Waals surface area (Å²) in [5.74, 6) is 0. The van der Waals surface area contributed by atoms with Crippen LogP contribution < -0.4 is 5.73 Å². The molecule has 2 rings (SSSR count). The average molecular weight is 313 g/mol. The van der Waals surface area contributed by atoms with Crippen LogP contribution in [-0.4, -0.2) is 24.0 Å². The number of nitrogens with zero attached hydrogens (tertiary/aromatic N) is 1. The topological polar surface area (TPSA) is 29.3 Å². The summed E-state index contributed by atoms with van der Waals surface area (Å²) in [5, 5.41) is 0. The minimum Gasteiger partial charge on any atom is -0.326 e. The van der Waals surface area contributed by atoms with Crippen molar-refractivity contribution in [1.29, 1.82) is 0 Å². The normalized spacial score (nSPS) is 20.6. The van der Waals surface area contributed by atoms with E-state index in [1.807, 2.05) is 6.07 Å². The Kier molecular flexibility index (Phi) is 4.96. The van der Waals surface area contributed by atoms with E-state index in [1.165, 1.54) is 4.88 Å². The first-order valence-electron chi connectivity index (χ1n) is 7.23. The fraction of sp³-hybridized carbons (Fsp3) is 0.625. The molecule has 2 N–H and O–H groups in total. The molecule has 4 heteroatoms. The molecule has 0 aliphatic carbocycles. The van der Waals surface area contributed by atoms with Crippen molar-refractivity contribution in [3.05, 3.63) is 33.0 Å². The molecule has 112 valence electrons. The van der Waals surface area contributed by atoms with E-state index in [1.54, 1.807) is 16.9 Å². The van der Waals surface area contributed by atoms with Gasteiger partial charge in [-0.05, 0) is 30.9 Å². The zero-order valence-corrected chi connectivity index (χ0v) is 14.4. The Bertz CT molecular complexity index is 485. The zero-order valence-electron chi connectivity index (χ0n) is 12.8. The van der Waals surface area contributed by atoms with Gasteiger partial charge in [0.1, 0.15) is 0 Å². The molecule has 0 amide bonds. The maximum atomic E-state index is 6.23. The maximum absolute atomic E-state index is 6.23. The van der Waals surface area contributed by atoms with Gasteiger partial charge in [0, 0.05) is 24.0 Å². The average Bonchev–Trinajstić information content (AvgIpc) is 2.75. The molecule has 1 aromatic heterocycles. The number of rotatable bonds is 3. The van der Waals surface area contributed by atoms with Gasteiger partial charge in [0.25, 0.3) is 0 Å². The molecular formula is C16H25ClN2S. The summed E-state index contributed by atoms with van der Waals surface area (Å²) in [6.07, 6.45) is 3.51. The lowest BCUT2D eigenvalue weighted by molar-refractivity contribution is 0.187. The van der Waals surface area contributed by atoms with Crippen molar-refractivity contribution in [3.63, 3.8) is 0 Å². The molecule has 1 aromatic rings. The monoisotopic (exact) mass is 312 g/mol. The van der Waals surface area contributed by atoms with Crippen molar-refractivity contribution < 1.29 is 0 Å². The van der Waals surface area contributed by atoms with Crippen LogP contribution in [0, 0.1) is 5.41 Å². The minimum atomic E-state index is 0.106. The molecule has 2 unspecified atom stereocenters. The van der Waals surface area contributed by atoms with E-state index in [0.717, 1.165) is 23.8 Å². The first-order chi connectivity index (χ1) is 9.29. The summed E-state index contributed by atoms with van der Waals surface area (Å²) in [7, 11) is 0. The van der Waals surface area contributed by atoms with Gasteiger partial charge in [-0.2, -0.15) is 0 Å². The molecular weight excluding hydrogens is 288 g/mol. The second-order valence-corrected chi connectivity index (χ2v) is 8.42. The van der Waals surface area contributed by atoms with Crippen LogP contribution in [0.4, 0.5) is 0 Å². The molecule has 0 radical (unpaired) electrons. The lowest BCUT2D eigenvalue weighted by Crippen LogP contribution is -2.42. The van der Waals surface area contributed by atoms with Crippen molar-refractivity contribution >= 4 is 22.9 Å². The molecule has 0 spiro atoms. The second kappa shape index (κ2) is 6.18. The van der Waals surface area contributed by atoms with Gasteiger partial charge in [0.05, 0.1) is 10.4 Å². The third-order valence-corrected chi connectivity index (χ3v) is 5.28. The van der Waals surface area contributed by atoms with Crippen molar-refractivity contribution in [1.82, 2.24) is 4.90 Å². The first kappa shape index (κ1) is 16.0. The van der Waals surface area contributed by atoms with Crippen LogP contribution in [-0.2, 0) is 0 Å². The van der Waals surface area contributed by atoms with E-state index in [-0.39, 0.29) is 17.5 Å². The summed E-state index contributed by atoms with van der Waals surface area (Å²) in [6.45, 7) is 11.0. The molecule has 0 aromatic carbocycles. The van der Waals surface area contributed by atoms with Crippen LogP contribution in [0.25, 0.3) is 0 Å². The molecule has 0 fully saturated rings. The van der Waals surface area contributed by atoms with Gasteiger partial charge in [-0.3, -0.25) is 4.90 Å². The highest BCUT2D eigenvalue weighted by Gasteiger charge is 2.29. The van der Waals surface area contributed by atoms with Gasteiger partial charge in [-0.1, -0.05) is 44.0 Å². The fourth-order valence-corrected chi connectivity index (χ4v) is 4.19. The van der Waals surface area contributed by atoms with Gasteiger partial charge < -0.3 is 5.73 Å². The Morgan fingerprint density at radius 2 is 2.05 bits per heavy atom. The Balaban J connectivity index is 2.16. The van der Waals surface area contributed by atoms with Crippen molar-refractivity contribution in [2.45, 2.75) is 46.2 Å². The Labute approximate surface area is 131 Å². The molecule has 2 nitrogen and oxygen atoms in total. The summed E-state index contributed by atoms with van der Waals surface area (Å²) in [5.41, 5.74) is 8.07. The smallest absolute Gasteiger partial charge is 0.0931 e. The van der Waals surface area contributed by atoms with Gasteiger partial charge in [-0.25, -0.2) is 0 Å². The van der Waals surface area contributed by atoms with Crippen LogP contribution in [0.3, 0.4) is 0 Å². The summed E-state index contributed by atoms with van der Waals surface area (Å²) in [6, 6.07) is 4.46. The highest BCUT2D eigenvalue weighted by atomic mass is 35.5. The molecule has 1 aliphatic heterocycles. The lowest BCUT2D eigenvalue weighted by Gasteiger charge is -2.38. The van der Waals surface area contributed by atoms with Gasteiger partial charge in [0.15, 0.2) is 0 Å². The van der Waals surface area contributed by atoms with E-state index in [9.17, 15) is 0 Å². The van der Waals surface area contributed by atoms with Gasteiger partial charge in [0.2, 0.25) is 0 Å². The molecule has 2 atom stereocenters. The predicted octanol–water partition coefficient (Wildman–Crippen LogP) is 4.47. The molecule has 2 heterocycles. The van der Waals surface area contributed by atoms with Crippen molar-refractivity contribution in [3.8, 4) is 0 Å². The summed E-state index contributed by atoms with van der Waals surface area (Å²) >= 11 is 7.73. The molecule has 0 bridgehead atoms. The van der Waals surface area contributed by atoms with Crippen LogP contribution >= 0.6 is 22.9 Å². The van der Waals surface area contributed by atoms with Crippen LogP contribution in [0.1, 0.15) is 45.0 Å². The molecule has 20 heavy (non-hydrogen) atoms. The van der Waals surface area contributed by atoms with Crippen LogP contribution in [0.15, 0.2) is 23.8 Å². The maximum Gasteiger partial charge on any atom is 0.0931 e. The Morgan fingerprint density at radius 3 is 2.45 bits per heavy atom. The quantitative estimate of drug-likeness (QED) is 0.834. The number of hydrogen-bond acceptors (Lipinski definition) is 3. The standard InChI is InChI=1S/C16H25ClN2S/c1-11(18)15(13-5-6-14(17)20-13)19-9-7-12(8-10-19)16(2,3)4/h5-7,11,15H,8-10,18H2,1-4H3.